The van der Waals surface area contributed by atoms with Crippen molar-refractivity contribution >= 4 is 46.5 Å². The van der Waals surface area contributed by atoms with E-state index in [2.05, 4.69) is 20.6 Å². The van der Waals surface area contributed by atoms with Crippen LogP contribution >= 0.6 is 0 Å². The van der Waals surface area contributed by atoms with E-state index >= 15 is 0 Å². The third-order valence-corrected chi connectivity index (χ3v) is 10.1. The topological polar surface area (TPSA) is 200 Å². The summed E-state index contributed by atoms with van der Waals surface area (Å²) in [7, 11) is 0. The molecule has 328 valence electrons. The molecule has 2 amide bonds. The molecule has 12 nitrogen and oxygen atoms in total. The molecule has 2 heterocycles. The predicted molar refractivity (Wildman–Crippen MR) is 260 cm³/mol. The number of hydrogen-bond donors (Lipinski definition) is 5. The number of aromatic nitrogens is 2. The molecule has 0 saturated heterocycles. The standard InChI is InChI=1S/C29H27N3O3.C25H19N3O3/c1-29(2,3)35-28(34)24-14-13-20(23-11-7-8-12-25(23)30)16-26(24)32-27(33)22-15-21(17-31-18-22)19-9-5-4-6-10-19;26-22-9-5-4-8-20(22)17-10-11-21(25(30)31)23(13-17)28-24(29)19-12-18(14-27-15-19)16-6-2-1-3-7-16/h4-18H,30H2,1-3H3,(H,32,33);1-15H,26H2,(H,28,29)(H,30,31). The van der Waals surface area contributed by atoms with Crippen LogP contribution in [0.15, 0.2) is 183 Å². The zero-order valence-electron chi connectivity index (χ0n) is 36.4. The Morgan fingerprint density at radius 3 is 1.32 bits per heavy atom. The Kier molecular flexibility index (Phi) is 13.7. The summed E-state index contributed by atoms with van der Waals surface area (Å²) in [4.78, 5) is 59.2. The van der Waals surface area contributed by atoms with Gasteiger partial charge in [-0.25, -0.2) is 9.59 Å². The van der Waals surface area contributed by atoms with Gasteiger partial charge < -0.3 is 31.9 Å². The molecule has 6 aromatic carbocycles. The minimum Gasteiger partial charge on any atom is -0.478 e. The van der Waals surface area contributed by atoms with Crippen molar-refractivity contribution in [1.82, 2.24) is 9.97 Å². The second-order valence-corrected chi connectivity index (χ2v) is 16.1. The van der Waals surface area contributed by atoms with Crippen molar-refractivity contribution in [3.63, 3.8) is 0 Å². The van der Waals surface area contributed by atoms with Crippen LogP contribution in [-0.2, 0) is 4.74 Å². The number of aromatic carboxylic acids is 1. The second-order valence-electron chi connectivity index (χ2n) is 16.1. The van der Waals surface area contributed by atoms with Crippen LogP contribution < -0.4 is 22.1 Å². The van der Waals surface area contributed by atoms with Gasteiger partial charge in [-0.2, -0.15) is 0 Å². The third kappa shape index (κ3) is 11.2. The van der Waals surface area contributed by atoms with E-state index in [-0.39, 0.29) is 16.8 Å². The number of nitrogens with zero attached hydrogens (tertiary/aromatic N) is 2. The molecule has 66 heavy (non-hydrogen) atoms. The SMILES string of the molecule is CC(C)(C)OC(=O)c1ccc(-c2ccccc2N)cc1NC(=O)c1cncc(-c2ccccc2)c1.Nc1ccccc1-c1ccc(C(=O)O)c(NC(=O)c2cncc(-c3ccccc3)c2)c1. The van der Waals surface area contributed by atoms with Gasteiger partial charge in [0.2, 0.25) is 0 Å². The van der Waals surface area contributed by atoms with Gasteiger partial charge in [0.05, 0.1) is 33.6 Å². The van der Waals surface area contributed by atoms with Crippen LogP contribution in [0.25, 0.3) is 44.5 Å². The van der Waals surface area contributed by atoms with Crippen LogP contribution in [0.5, 0.6) is 0 Å². The number of pyridine rings is 2. The maximum Gasteiger partial charge on any atom is 0.340 e. The highest BCUT2D eigenvalue weighted by Crippen LogP contribution is 2.33. The summed E-state index contributed by atoms with van der Waals surface area (Å²) in [5.41, 5.74) is 20.6. The molecule has 12 heteroatoms. The van der Waals surface area contributed by atoms with Crippen molar-refractivity contribution < 1.29 is 29.0 Å². The number of nitrogens with two attached hydrogens (primary N) is 2. The summed E-state index contributed by atoms with van der Waals surface area (Å²) in [6, 6.07) is 47.3. The lowest BCUT2D eigenvalue weighted by Crippen LogP contribution is -2.25. The van der Waals surface area contributed by atoms with Crippen LogP contribution in [0.4, 0.5) is 22.7 Å². The van der Waals surface area contributed by atoms with Gasteiger partial charge in [0.1, 0.15) is 5.60 Å². The molecule has 0 unspecified atom stereocenters. The number of carboxylic acids is 1. The molecular formula is C54H46N6O6. The first-order valence-electron chi connectivity index (χ1n) is 20.8. The Morgan fingerprint density at radius 1 is 0.485 bits per heavy atom. The van der Waals surface area contributed by atoms with E-state index in [0.717, 1.165) is 38.9 Å². The van der Waals surface area contributed by atoms with Crippen LogP contribution in [0.2, 0.25) is 0 Å². The summed E-state index contributed by atoms with van der Waals surface area (Å²) in [5, 5.41) is 15.2. The third-order valence-electron chi connectivity index (χ3n) is 10.1. The lowest BCUT2D eigenvalue weighted by atomic mass is 10.00. The van der Waals surface area contributed by atoms with Gasteiger partial charge in [-0.3, -0.25) is 19.6 Å². The summed E-state index contributed by atoms with van der Waals surface area (Å²) >= 11 is 0. The Hall–Kier alpha value is -8.90. The van der Waals surface area contributed by atoms with Gasteiger partial charge in [0.15, 0.2) is 0 Å². The first-order valence-corrected chi connectivity index (χ1v) is 20.8. The monoisotopic (exact) mass is 874 g/mol. The molecule has 0 radical (unpaired) electrons. The number of esters is 1. The minimum atomic E-state index is -1.14. The number of hydrogen-bond acceptors (Lipinski definition) is 9. The molecule has 0 aliphatic carbocycles. The minimum absolute atomic E-state index is 0.0150. The number of nitrogen functional groups attached to an aromatic ring is 2. The lowest BCUT2D eigenvalue weighted by Gasteiger charge is -2.21. The number of nitrogens with one attached hydrogen (secondary N) is 2. The molecule has 0 spiro atoms. The van der Waals surface area contributed by atoms with E-state index < -0.39 is 29.4 Å². The highest BCUT2D eigenvalue weighted by atomic mass is 16.6. The molecule has 0 saturated carbocycles. The lowest BCUT2D eigenvalue weighted by molar-refractivity contribution is 0.00704. The predicted octanol–water partition coefficient (Wildman–Crippen LogP) is 11.2. The van der Waals surface area contributed by atoms with Crippen LogP contribution in [0, 0.1) is 0 Å². The number of para-hydroxylation sites is 2. The number of carbonyl (C=O) groups excluding carboxylic acids is 3. The number of amides is 2. The molecule has 0 bridgehead atoms. The van der Waals surface area contributed by atoms with Crippen LogP contribution in [0.3, 0.4) is 0 Å². The summed E-state index contributed by atoms with van der Waals surface area (Å²) in [6.07, 6.45) is 6.32. The number of benzene rings is 6. The largest absolute Gasteiger partial charge is 0.478 e. The van der Waals surface area contributed by atoms with Gasteiger partial charge in [-0.05, 0) is 91.6 Å². The molecule has 7 N–H and O–H groups in total. The van der Waals surface area contributed by atoms with Crippen molar-refractivity contribution in [2.24, 2.45) is 0 Å². The maximum atomic E-state index is 13.2. The van der Waals surface area contributed by atoms with E-state index in [1.54, 1.807) is 87.8 Å². The van der Waals surface area contributed by atoms with Crippen molar-refractivity contribution in [2.45, 2.75) is 26.4 Å². The molecular weight excluding hydrogens is 829 g/mol. The number of carboxylic acid groups (broad SMARTS) is 1. The van der Waals surface area contributed by atoms with Gasteiger partial charge in [0, 0.05) is 58.4 Å². The first kappa shape index (κ1) is 45.1. The fourth-order valence-corrected chi connectivity index (χ4v) is 6.94. The van der Waals surface area contributed by atoms with Crippen molar-refractivity contribution in [3.05, 3.63) is 205 Å². The van der Waals surface area contributed by atoms with Crippen molar-refractivity contribution in [1.29, 1.82) is 0 Å². The average molecular weight is 875 g/mol. The summed E-state index contributed by atoms with van der Waals surface area (Å²) in [6.45, 7) is 5.38. The maximum absolute atomic E-state index is 13.2. The first-order chi connectivity index (χ1) is 31.7. The van der Waals surface area contributed by atoms with Crippen molar-refractivity contribution in [2.75, 3.05) is 22.1 Å². The molecule has 8 rings (SSSR count). The molecule has 0 aliphatic rings. The quantitative estimate of drug-likeness (QED) is 0.0650. The van der Waals surface area contributed by atoms with Crippen molar-refractivity contribution in [3.8, 4) is 44.5 Å². The molecule has 0 atom stereocenters. The van der Waals surface area contributed by atoms with Gasteiger partial charge >= 0.3 is 11.9 Å². The number of rotatable bonds is 10. The highest BCUT2D eigenvalue weighted by Gasteiger charge is 2.23. The number of anilines is 4. The fourth-order valence-electron chi connectivity index (χ4n) is 6.94. The fraction of sp³-hybridized carbons (Fsp3) is 0.0741. The van der Waals surface area contributed by atoms with Gasteiger partial charge in [-0.15, -0.1) is 0 Å². The highest BCUT2D eigenvalue weighted by molar-refractivity contribution is 6.10. The van der Waals surface area contributed by atoms with E-state index in [0.29, 0.717) is 33.8 Å². The Morgan fingerprint density at radius 2 is 0.894 bits per heavy atom. The van der Waals surface area contributed by atoms with E-state index in [4.69, 9.17) is 16.2 Å². The smallest absolute Gasteiger partial charge is 0.340 e. The molecule has 0 fully saturated rings. The normalized spacial score (nSPS) is 10.8. The average Bonchev–Trinajstić information content (AvgIpc) is 3.32. The van der Waals surface area contributed by atoms with E-state index in [9.17, 15) is 24.3 Å². The van der Waals surface area contributed by atoms with Gasteiger partial charge in [-0.1, -0.05) is 109 Å². The Bertz CT molecular complexity index is 3060. The Balaban J connectivity index is 0.000000198. The molecule has 8 aromatic rings. The summed E-state index contributed by atoms with van der Waals surface area (Å²) < 4.78 is 5.57. The summed E-state index contributed by atoms with van der Waals surface area (Å²) in [5.74, 6) is -2.51. The van der Waals surface area contributed by atoms with E-state index in [1.807, 2.05) is 97.1 Å². The Labute approximate surface area is 382 Å². The molecule has 0 aliphatic heterocycles. The zero-order valence-corrected chi connectivity index (χ0v) is 36.4. The number of ether oxygens (including phenoxy) is 1. The molecule has 2 aromatic heterocycles. The van der Waals surface area contributed by atoms with Crippen LogP contribution in [0.1, 0.15) is 62.2 Å². The second kappa shape index (κ2) is 20.1. The zero-order chi connectivity index (χ0) is 46.8. The number of carbonyl (C=O) groups is 4. The van der Waals surface area contributed by atoms with Crippen LogP contribution in [-0.4, -0.2) is 44.4 Å². The van der Waals surface area contributed by atoms with Gasteiger partial charge in [0.25, 0.3) is 11.8 Å². The van der Waals surface area contributed by atoms with E-state index in [1.165, 1.54) is 18.5 Å².